The van der Waals surface area contributed by atoms with Crippen LogP contribution in [0.15, 0.2) is 6.33 Å². The Balaban J connectivity index is 1.89. The molecule has 0 atom stereocenters. The van der Waals surface area contributed by atoms with Gasteiger partial charge in [0.05, 0.1) is 0 Å². The van der Waals surface area contributed by atoms with Gasteiger partial charge in [-0.15, -0.1) is 10.2 Å². The van der Waals surface area contributed by atoms with Crippen LogP contribution in [0.4, 0.5) is 0 Å². The van der Waals surface area contributed by atoms with Crippen molar-refractivity contribution in [3.05, 3.63) is 12.2 Å². The van der Waals surface area contributed by atoms with E-state index in [2.05, 4.69) is 33.5 Å². The number of hydrogen-bond donors (Lipinski definition) is 0. The molecule has 0 amide bonds. The van der Waals surface area contributed by atoms with Gasteiger partial charge < -0.3 is 9.47 Å². The molecule has 1 aliphatic rings. The van der Waals surface area contributed by atoms with Gasteiger partial charge in [-0.2, -0.15) is 0 Å². The van der Waals surface area contributed by atoms with Crippen LogP contribution in [0.5, 0.6) is 0 Å². The van der Waals surface area contributed by atoms with E-state index >= 15 is 0 Å². The van der Waals surface area contributed by atoms with Gasteiger partial charge in [0, 0.05) is 32.6 Å². The lowest BCUT2D eigenvalue weighted by atomic mass is 10.0. The quantitative estimate of drug-likeness (QED) is 0.775. The van der Waals surface area contributed by atoms with Gasteiger partial charge in [-0.3, -0.25) is 0 Å². The van der Waals surface area contributed by atoms with Crippen molar-refractivity contribution in [1.29, 1.82) is 0 Å². The van der Waals surface area contributed by atoms with Crippen LogP contribution in [0.25, 0.3) is 0 Å². The van der Waals surface area contributed by atoms with Crippen LogP contribution in [-0.4, -0.2) is 39.3 Å². The second kappa shape index (κ2) is 5.43. The molecular formula is C12H22N4. The molecule has 0 unspecified atom stereocenters. The summed E-state index contributed by atoms with van der Waals surface area (Å²) in [7, 11) is 0. The average molecular weight is 222 g/mol. The Morgan fingerprint density at radius 3 is 2.81 bits per heavy atom. The van der Waals surface area contributed by atoms with Crippen LogP contribution in [0.1, 0.15) is 32.5 Å². The minimum atomic E-state index is 0.851. The number of nitrogens with zero attached hydrogens (tertiary/aromatic N) is 4. The van der Waals surface area contributed by atoms with Crippen molar-refractivity contribution in [2.75, 3.05) is 19.6 Å². The molecule has 1 aliphatic heterocycles. The third-order valence-electron chi connectivity index (χ3n) is 3.68. The van der Waals surface area contributed by atoms with Gasteiger partial charge in [0.1, 0.15) is 12.2 Å². The Bertz CT molecular complexity index is 294. The van der Waals surface area contributed by atoms with E-state index in [4.69, 9.17) is 0 Å². The molecular weight excluding hydrogens is 200 g/mol. The average Bonchev–Trinajstić information content (AvgIpc) is 2.68. The summed E-state index contributed by atoms with van der Waals surface area (Å²) in [6.07, 6.45) is 5.48. The molecule has 4 heteroatoms. The molecule has 0 radical (unpaired) electrons. The summed E-state index contributed by atoms with van der Waals surface area (Å²) in [5.74, 6) is 2.00. The van der Waals surface area contributed by atoms with Crippen molar-refractivity contribution >= 4 is 0 Å². The predicted octanol–water partition coefficient (Wildman–Crippen LogP) is 1.57. The third kappa shape index (κ3) is 2.61. The van der Waals surface area contributed by atoms with Crippen LogP contribution in [0.3, 0.4) is 0 Å². The summed E-state index contributed by atoms with van der Waals surface area (Å²) >= 11 is 0. The molecule has 0 spiro atoms. The van der Waals surface area contributed by atoms with Gasteiger partial charge in [-0.25, -0.2) is 0 Å². The van der Waals surface area contributed by atoms with Gasteiger partial charge in [0.2, 0.25) is 0 Å². The summed E-state index contributed by atoms with van der Waals surface area (Å²) in [4.78, 5) is 2.58. The van der Waals surface area contributed by atoms with Crippen LogP contribution in [0.2, 0.25) is 0 Å². The predicted molar refractivity (Wildman–Crippen MR) is 64.2 cm³/mol. The van der Waals surface area contributed by atoms with E-state index < -0.39 is 0 Å². The SMILES string of the molecule is CCC(CC)CN1CCc2nncn2CC1. The molecule has 0 aromatic carbocycles. The second-order valence-electron chi connectivity index (χ2n) is 4.67. The maximum absolute atomic E-state index is 4.16. The zero-order chi connectivity index (χ0) is 11.4. The number of rotatable bonds is 4. The van der Waals surface area contributed by atoms with E-state index in [9.17, 15) is 0 Å². The van der Waals surface area contributed by atoms with Gasteiger partial charge in [0.15, 0.2) is 0 Å². The maximum Gasteiger partial charge on any atom is 0.134 e. The van der Waals surface area contributed by atoms with Gasteiger partial charge >= 0.3 is 0 Å². The minimum Gasteiger partial charge on any atom is -0.316 e. The lowest BCUT2D eigenvalue weighted by molar-refractivity contribution is 0.227. The van der Waals surface area contributed by atoms with E-state index in [1.54, 1.807) is 0 Å². The fraction of sp³-hybridized carbons (Fsp3) is 0.833. The van der Waals surface area contributed by atoms with E-state index in [0.29, 0.717) is 0 Å². The fourth-order valence-corrected chi connectivity index (χ4v) is 2.37. The number of aromatic nitrogens is 3. The zero-order valence-corrected chi connectivity index (χ0v) is 10.4. The first-order chi connectivity index (χ1) is 7.83. The topological polar surface area (TPSA) is 34.0 Å². The van der Waals surface area contributed by atoms with E-state index in [0.717, 1.165) is 37.8 Å². The first-order valence-corrected chi connectivity index (χ1v) is 6.42. The van der Waals surface area contributed by atoms with Crippen molar-refractivity contribution in [1.82, 2.24) is 19.7 Å². The van der Waals surface area contributed by atoms with Crippen LogP contribution >= 0.6 is 0 Å². The summed E-state index contributed by atoms with van der Waals surface area (Å²) < 4.78 is 2.19. The largest absolute Gasteiger partial charge is 0.316 e. The van der Waals surface area contributed by atoms with E-state index in [-0.39, 0.29) is 0 Å². The summed E-state index contributed by atoms with van der Waals surface area (Å²) in [5, 5.41) is 8.12. The molecule has 0 fully saturated rings. The van der Waals surface area contributed by atoms with Crippen LogP contribution < -0.4 is 0 Å². The molecule has 0 saturated heterocycles. The lowest BCUT2D eigenvalue weighted by Gasteiger charge is -2.24. The van der Waals surface area contributed by atoms with E-state index in [1.807, 2.05) is 6.33 Å². The molecule has 2 rings (SSSR count). The second-order valence-corrected chi connectivity index (χ2v) is 4.67. The Morgan fingerprint density at radius 1 is 1.25 bits per heavy atom. The Kier molecular flexibility index (Phi) is 3.93. The summed E-state index contributed by atoms with van der Waals surface area (Å²) in [6, 6.07) is 0. The molecule has 0 aliphatic carbocycles. The number of fused-ring (bicyclic) bond motifs is 1. The van der Waals surface area contributed by atoms with Crippen molar-refractivity contribution < 1.29 is 0 Å². The maximum atomic E-state index is 4.16. The van der Waals surface area contributed by atoms with Crippen molar-refractivity contribution in [3.8, 4) is 0 Å². The fourth-order valence-electron chi connectivity index (χ4n) is 2.37. The van der Waals surface area contributed by atoms with Crippen molar-refractivity contribution in [2.45, 2.75) is 39.7 Å². The third-order valence-corrected chi connectivity index (χ3v) is 3.68. The zero-order valence-electron chi connectivity index (χ0n) is 10.4. The standard InChI is InChI=1S/C12H22N4/c1-3-11(4-2)9-15-6-5-12-14-13-10-16(12)8-7-15/h10-11H,3-9H2,1-2H3. The van der Waals surface area contributed by atoms with Crippen molar-refractivity contribution in [3.63, 3.8) is 0 Å². The molecule has 16 heavy (non-hydrogen) atoms. The lowest BCUT2D eigenvalue weighted by Crippen LogP contribution is -2.32. The Hall–Kier alpha value is -0.900. The van der Waals surface area contributed by atoms with Gasteiger partial charge in [-0.05, 0) is 5.92 Å². The smallest absolute Gasteiger partial charge is 0.134 e. The molecule has 0 saturated carbocycles. The first-order valence-electron chi connectivity index (χ1n) is 6.42. The molecule has 0 N–H and O–H groups in total. The molecule has 1 aromatic rings. The highest BCUT2D eigenvalue weighted by molar-refractivity contribution is 4.89. The van der Waals surface area contributed by atoms with Gasteiger partial charge in [-0.1, -0.05) is 26.7 Å². The Morgan fingerprint density at radius 2 is 2.06 bits per heavy atom. The molecule has 4 nitrogen and oxygen atoms in total. The molecule has 0 bridgehead atoms. The van der Waals surface area contributed by atoms with Crippen LogP contribution in [0, 0.1) is 5.92 Å². The molecule has 1 aromatic heterocycles. The van der Waals surface area contributed by atoms with Crippen LogP contribution in [-0.2, 0) is 13.0 Å². The Labute approximate surface area is 97.7 Å². The van der Waals surface area contributed by atoms with Gasteiger partial charge in [0.25, 0.3) is 0 Å². The summed E-state index contributed by atoms with van der Waals surface area (Å²) in [6.45, 7) is 9.15. The highest BCUT2D eigenvalue weighted by Gasteiger charge is 2.16. The normalized spacial score (nSPS) is 17.4. The van der Waals surface area contributed by atoms with E-state index in [1.165, 1.54) is 19.4 Å². The minimum absolute atomic E-state index is 0.851. The highest BCUT2D eigenvalue weighted by Crippen LogP contribution is 2.12. The number of hydrogen-bond acceptors (Lipinski definition) is 3. The highest BCUT2D eigenvalue weighted by atomic mass is 15.3. The first kappa shape index (κ1) is 11.6. The van der Waals surface area contributed by atoms with Crippen molar-refractivity contribution in [2.24, 2.45) is 5.92 Å². The molecule has 2 heterocycles. The molecule has 90 valence electrons. The summed E-state index contributed by atoms with van der Waals surface area (Å²) in [5.41, 5.74) is 0. The monoisotopic (exact) mass is 222 g/mol.